The Balaban J connectivity index is 2.00. The van der Waals surface area contributed by atoms with E-state index in [-0.39, 0.29) is 5.82 Å². The normalized spacial score (nSPS) is 10.8. The second-order valence-corrected chi connectivity index (χ2v) is 4.22. The fraction of sp³-hybridized carbons (Fsp3) is 0.143. The van der Waals surface area contributed by atoms with Gasteiger partial charge in [0.05, 0.1) is 13.3 Å². The number of nitrogens with zero attached hydrogens (tertiary/aromatic N) is 3. The van der Waals surface area contributed by atoms with Crippen molar-refractivity contribution < 1.29 is 9.13 Å². The van der Waals surface area contributed by atoms with Crippen LogP contribution in [0.15, 0.2) is 42.6 Å². The Morgan fingerprint density at radius 3 is 2.89 bits per heavy atom. The van der Waals surface area contributed by atoms with Gasteiger partial charge in [0.15, 0.2) is 5.65 Å². The summed E-state index contributed by atoms with van der Waals surface area (Å²) in [5.74, 6) is 1.23. The van der Waals surface area contributed by atoms with Gasteiger partial charge in [-0.3, -0.25) is 4.40 Å². The van der Waals surface area contributed by atoms with Gasteiger partial charge in [0.2, 0.25) is 0 Å². The van der Waals surface area contributed by atoms with Crippen LogP contribution in [-0.4, -0.2) is 21.7 Å². The quantitative estimate of drug-likeness (QED) is 0.723. The van der Waals surface area contributed by atoms with Crippen molar-refractivity contribution >= 4 is 5.65 Å². The minimum absolute atomic E-state index is 0.246. The lowest BCUT2D eigenvalue weighted by Gasteiger charge is -2.03. The Morgan fingerprint density at radius 1 is 1.21 bits per heavy atom. The summed E-state index contributed by atoms with van der Waals surface area (Å²) in [4.78, 5) is 0. The van der Waals surface area contributed by atoms with Gasteiger partial charge in [0.25, 0.3) is 0 Å². The summed E-state index contributed by atoms with van der Waals surface area (Å²) in [5.41, 5.74) is 1.60. The van der Waals surface area contributed by atoms with E-state index in [9.17, 15) is 4.39 Å². The molecule has 0 fully saturated rings. The van der Waals surface area contributed by atoms with E-state index in [4.69, 9.17) is 4.74 Å². The van der Waals surface area contributed by atoms with Gasteiger partial charge in [-0.2, -0.15) is 0 Å². The highest BCUT2D eigenvalue weighted by atomic mass is 19.1. The van der Waals surface area contributed by atoms with Crippen molar-refractivity contribution in [3.05, 3.63) is 59.8 Å². The van der Waals surface area contributed by atoms with Crippen LogP contribution < -0.4 is 4.74 Å². The summed E-state index contributed by atoms with van der Waals surface area (Å²) < 4.78 is 20.2. The molecule has 1 aromatic carbocycles. The van der Waals surface area contributed by atoms with Crippen LogP contribution >= 0.6 is 0 Å². The fourth-order valence-corrected chi connectivity index (χ4v) is 1.99. The second-order valence-electron chi connectivity index (χ2n) is 4.22. The summed E-state index contributed by atoms with van der Waals surface area (Å²) in [6, 6.07) is 10.1. The molecule has 2 heterocycles. The van der Waals surface area contributed by atoms with Gasteiger partial charge in [-0.05, 0) is 29.8 Å². The van der Waals surface area contributed by atoms with E-state index in [0.29, 0.717) is 6.42 Å². The Morgan fingerprint density at radius 2 is 2.11 bits per heavy atom. The Hall–Kier alpha value is -2.43. The Kier molecular flexibility index (Phi) is 2.87. The van der Waals surface area contributed by atoms with Crippen LogP contribution in [0.25, 0.3) is 5.65 Å². The van der Waals surface area contributed by atoms with Crippen LogP contribution in [0.5, 0.6) is 5.75 Å². The molecule has 5 heteroatoms. The summed E-state index contributed by atoms with van der Waals surface area (Å²) in [5, 5.41) is 8.21. The van der Waals surface area contributed by atoms with E-state index < -0.39 is 0 Å². The molecule has 0 aliphatic heterocycles. The highest BCUT2D eigenvalue weighted by molar-refractivity contribution is 5.42. The first kappa shape index (κ1) is 11.6. The lowest BCUT2D eigenvalue weighted by Crippen LogP contribution is -1.97. The van der Waals surface area contributed by atoms with Crippen molar-refractivity contribution in [2.24, 2.45) is 0 Å². The maximum absolute atomic E-state index is 13.2. The van der Waals surface area contributed by atoms with Gasteiger partial charge in [-0.15, -0.1) is 10.2 Å². The number of fused-ring (bicyclic) bond motifs is 1. The van der Waals surface area contributed by atoms with Crippen molar-refractivity contribution in [3.8, 4) is 5.75 Å². The molecule has 96 valence electrons. The molecule has 0 saturated heterocycles. The third-order valence-electron chi connectivity index (χ3n) is 2.93. The molecule has 0 unspecified atom stereocenters. The zero-order valence-corrected chi connectivity index (χ0v) is 10.4. The van der Waals surface area contributed by atoms with E-state index in [1.165, 1.54) is 12.1 Å². The monoisotopic (exact) mass is 257 g/mol. The van der Waals surface area contributed by atoms with Crippen molar-refractivity contribution in [2.45, 2.75) is 6.42 Å². The third-order valence-corrected chi connectivity index (χ3v) is 2.93. The van der Waals surface area contributed by atoms with Gasteiger partial charge in [-0.25, -0.2) is 4.39 Å². The molecule has 0 atom stereocenters. The van der Waals surface area contributed by atoms with E-state index in [0.717, 1.165) is 22.8 Å². The molecule has 4 nitrogen and oxygen atoms in total. The van der Waals surface area contributed by atoms with Crippen molar-refractivity contribution in [3.63, 3.8) is 0 Å². The van der Waals surface area contributed by atoms with Crippen LogP contribution in [0.3, 0.4) is 0 Å². The maximum atomic E-state index is 13.2. The first-order chi connectivity index (χ1) is 9.26. The molecule has 0 aliphatic rings. The predicted molar refractivity (Wildman–Crippen MR) is 68.7 cm³/mol. The van der Waals surface area contributed by atoms with Crippen molar-refractivity contribution in [1.82, 2.24) is 14.6 Å². The van der Waals surface area contributed by atoms with E-state index in [1.807, 2.05) is 28.8 Å². The van der Waals surface area contributed by atoms with Crippen LogP contribution in [0.4, 0.5) is 4.39 Å². The molecule has 0 saturated carbocycles. The zero-order chi connectivity index (χ0) is 13.2. The topological polar surface area (TPSA) is 39.4 Å². The van der Waals surface area contributed by atoms with Gasteiger partial charge in [0, 0.05) is 6.42 Å². The molecular weight excluding hydrogens is 245 g/mol. The van der Waals surface area contributed by atoms with Crippen LogP contribution in [0.2, 0.25) is 0 Å². The van der Waals surface area contributed by atoms with E-state index >= 15 is 0 Å². The molecule has 0 N–H and O–H groups in total. The van der Waals surface area contributed by atoms with Crippen LogP contribution in [0, 0.1) is 5.82 Å². The van der Waals surface area contributed by atoms with E-state index in [2.05, 4.69) is 10.2 Å². The highest BCUT2D eigenvalue weighted by Gasteiger charge is 2.07. The number of benzene rings is 1. The minimum Gasteiger partial charge on any atom is -0.495 e. The lowest BCUT2D eigenvalue weighted by atomic mass is 10.1. The smallest absolute Gasteiger partial charge is 0.161 e. The number of pyridine rings is 1. The molecule has 0 amide bonds. The summed E-state index contributed by atoms with van der Waals surface area (Å²) in [6.45, 7) is 0. The summed E-state index contributed by atoms with van der Waals surface area (Å²) in [6.07, 6.45) is 2.34. The SMILES string of the molecule is COc1ccc2nnc(Cc3cccc(F)c3)n2c1. The zero-order valence-electron chi connectivity index (χ0n) is 10.4. The largest absolute Gasteiger partial charge is 0.495 e. The second kappa shape index (κ2) is 4.68. The average molecular weight is 257 g/mol. The number of ether oxygens (including phenoxy) is 1. The molecule has 19 heavy (non-hydrogen) atoms. The Labute approximate surface area is 109 Å². The van der Waals surface area contributed by atoms with Crippen LogP contribution in [-0.2, 0) is 6.42 Å². The van der Waals surface area contributed by atoms with E-state index in [1.54, 1.807) is 13.2 Å². The number of aromatic nitrogens is 3. The minimum atomic E-state index is -0.246. The third kappa shape index (κ3) is 2.27. The van der Waals surface area contributed by atoms with Gasteiger partial charge < -0.3 is 4.74 Å². The highest BCUT2D eigenvalue weighted by Crippen LogP contribution is 2.15. The molecule has 0 spiro atoms. The molecule has 2 aromatic heterocycles. The standard InChI is InChI=1S/C14H12FN3O/c1-19-12-5-6-13-16-17-14(18(13)9-12)8-10-3-2-4-11(15)7-10/h2-7,9H,8H2,1H3. The van der Waals surface area contributed by atoms with Crippen molar-refractivity contribution in [2.75, 3.05) is 7.11 Å². The molecule has 0 radical (unpaired) electrons. The molecular formula is C14H12FN3O. The Bertz CT molecular complexity index is 724. The maximum Gasteiger partial charge on any atom is 0.161 e. The number of hydrogen-bond donors (Lipinski definition) is 0. The first-order valence-corrected chi connectivity index (χ1v) is 5.88. The molecule has 0 aliphatic carbocycles. The molecule has 3 aromatic rings. The number of methoxy groups -OCH3 is 1. The van der Waals surface area contributed by atoms with Gasteiger partial charge in [-0.1, -0.05) is 12.1 Å². The first-order valence-electron chi connectivity index (χ1n) is 5.88. The number of hydrogen-bond acceptors (Lipinski definition) is 3. The lowest BCUT2D eigenvalue weighted by molar-refractivity contribution is 0.412. The van der Waals surface area contributed by atoms with Crippen molar-refractivity contribution in [1.29, 1.82) is 0 Å². The fourth-order valence-electron chi connectivity index (χ4n) is 1.99. The number of halogens is 1. The van der Waals surface area contributed by atoms with Gasteiger partial charge >= 0.3 is 0 Å². The summed E-state index contributed by atoms with van der Waals surface area (Å²) >= 11 is 0. The summed E-state index contributed by atoms with van der Waals surface area (Å²) in [7, 11) is 1.61. The average Bonchev–Trinajstić information content (AvgIpc) is 2.81. The van der Waals surface area contributed by atoms with Gasteiger partial charge in [0.1, 0.15) is 17.4 Å². The molecule has 3 rings (SSSR count). The van der Waals surface area contributed by atoms with Crippen LogP contribution in [0.1, 0.15) is 11.4 Å². The number of rotatable bonds is 3. The molecule has 0 bridgehead atoms. The predicted octanol–water partition coefficient (Wildman–Crippen LogP) is 2.47.